The van der Waals surface area contributed by atoms with Crippen LogP contribution in [0.4, 0.5) is 13.9 Å². The predicted octanol–water partition coefficient (Wildman–Crippen LogP) is 2.38. The van der Waals surface area contributed by atoms with Crippen molar-refractivity contribution >= 4 is 16.5 Å². The Morgan fingerprint density at radius 2 is 2.12 bits per heavy atom. The molecule has 0 fully saturated rings. The summed E-state index contributed by atoms with van der Waals surface area (Å²) in [6, 6.07) is 2.03. The highest BCUT2D eigenvalue weighted by Crippen LogP contribution is 2.30. The molecule has 0 aliphatic heterocycles. The van der Waals surface area contributed by atoms with Gasteiger partial charge in [-0.1, -0.05) is 0 Å². The monoisotopic (exact) mass is 257 g/mol. The molecule has 4 nitrogen and oxygen atoms in total. The Balaban J connectivity index is 2.48. The van der Waals surface area contributed by atoms with Crippen molar-refractivity contribution in [3.63, 3.8) is 0 Å². The minimum absolute atomic E-state index is 0.0704. The van der Waals surface area contributed by atoms with Crippen LogP contribution in [-0.4, -0.2) is 12.1 Å². The quantitative estimate of drug-likeness (QED) is 0.654. The number of rotatable bonds is 3. The summed E-state index contributed by atoms with van der Waals surface area (Å²) >= 11 is 1.20. The molecule has 2 rings (SSSR count). The van der Waals surface area contributed by atoms with Crippen molar-refractivity contribution in [2.75, 3.05) is 12.5 Å². The molecule has 90 valence electrons. The minimum atomic E-state index is -0.640. The van der Waals surface area contributed by atoms with Gasteiger partial charge in [-0.2, -0.15) is 0 Å². The average molecular weight is 257 g/mol. The second-order valence-electron chi connectivity index (χ2n) is 3.15. The lowest BCUT2D eigenvalue weighted by Crippen LogP contribution is -2.05. The molecule has 1 aromatic heterocycles. The van der Waals surface area contributed by atoms with Crippen molar-refractivity contribution in [2.24, 2.45) is 5.84 Å². The second kappa shape index (κ2) is 4.64. The summed E-state index contributed by atoms with van der Waals surface area (Å²) in [4.78, 5) is 3.99. The van der Waals surface area contributed by atoms with Crippen LogP contribution < -0.4 is 16.0 Å². The first-order valence-corrected chi connectivity index (χ1v) is 5.49. The zero-order valence-electron chi connectivity index (χ0n) is 8.83. The molecule has 0 unspecified atom stereocenters. The number of aromatic nitrogens is 1. The molecule has 7 heteroatoms. The number of hydrogen-bond donors (Lipinski definition) is 2. The molecule has 0 radical (unpaired) electrons. The Labute approximate surface area is 100 Å². The van der Waals surface area contributed by atoms with Crippen LogP contribution in [-0.2, 0) is 0 Å². The van der Waals surface area contributed by atoms with E-state index in [4.69, 9.17) is 5.84 Å². The standard InChI is InChI=1S/C10H9F2N3OS/c1-16-9-3-6(11)5(2-7(9)12)8-4-17-10(14-8)15-13/h2-4H,13H2,1H3,(H,14,15). The van der Waals surface area contributed by atoms with Gasteiger partial charge in [0.25, 0.3) is 0 Å². The van der Waals surface area contributed by atoms with E-state index in [9.17, 15) is 8.78 Å². The summed E-state index contributed by atoms with van der Waals surface area (Å²) in [6.07, 6.45) is 0. The van der Waals surface area contributed by atoms with Crippen molar-refractivity contribution in [1.29, 1.82) is 0 Å². The van der Waals surface area contributed by atoms with E-state index >= 15 is 0 Å². The molecule has 0 atom stereocenters. The van der Waals surface area contributed by atoms with Gasteiger partial charge in [0, 0.05) is 17.0 Å². The normalized spacial score (nSPS) is 10.4. The van der Waals surface area contributed by atoms with Gasteiger partial charge in [-0.15, -0.1) is 11.3 Å². The van der Waals surface area contributed by atoms with E-state index in [1.807, 2.05) is 0 Å². The topological polar surface area (TPSA) is 60.2 Å². The number of anilines is 1. The number of halogens is 2. The van der Waals surface area contributed by atoms with Crippen LogP contribution in [0, 0.1) is 11.6 Å². The van der Waals surface area contributed by atoms with Crippen molar-refractivity contribution < 1.29 is 13.5 Å². The lowest BCUT2D eigenvalue weighted by molar-refractivity contribution is 0.383. The van der Waals surface area contributed by atoms with Crippen molar-refractivity contribution in [1.82, 2.24) is 4.98 Å². The van der Waals surface area contributed by atoms with Gasteiger partial charge in [0.2, 0.25) is 0 Å². The van der Waals surface area contributed by atoms with Crippen molar-refractivity contribution in [3.05, 3.63) is 29.1 Å². The SMILES string of the molecule is COc1cc(F)c(-c2csc(NN)n2)cc1F. The van der Waals surface area contributed by atoms with Crippen LogP contribution in [0.5, 0.6) is 5.75 Å². The summed E-state index contributed by atoms with van der Waals surface area (Å²) in [5.41, 5.74) is 2.73. The van der Waals surface area contributed by atoms with E-state index in [1.165, 1.54) is 18.4 Å². The molecule has 1 aromatic carbocycles. The number of benzene rings is 1. The fourth-order valence-corrected chi connectivity index (χ4v) is 1.97. The largest absolute Gasteiger partial charge is 0.494 e. The Kier molecular flexibility index (Phi) is 3.21. The van der Waals surface area contributed by atoms with Crippen molar-refractivity contribution in [2.45, 2.75) is 0 Å². The maximum Gasteiger partial charge on any atom is 0.197 e. The first-order valence-electron chi connectivity index (χ1n) is 4.61. The number of ether oxygens (including phenoxy) is 1. The molecule has 0 aliphatic rings. The molecule has 1 heterocycles. The third-order valence-electron chi connectivity index (χ3n) is 2.15. The molecular weight excluding hydrogens is 248 g/mol. The van der Waals surface area contributed by atoms with Gasteiger partial charge in [0.05, 0.1) is 12.8 Å². The smallest absolute Gasteiger partial charge is 0.197 e. The number of nitrogens with zero attached hydrogens (tertiary/aromatic N) is 1. The van der Waals surface area contributed by atoms with Crippen LogP contribution in [0.25, 0.3) is 11.3 Å². The van der Waals surface area contributed by atoms with Gasteiger partial charge >= 0.3 is 0 Å². The molecule has 0 saturated heterocycles. The maximum atomic E-state index is 13.7. The number of thiazole rings is 1. The maximum absolute atomic E-state index is 13.7. The van der Waals surface area contributed by atoms with E-state index < -0.39 is 11.6 Å². The van der Waals surface area contributed by atoms with E-state index in [-0.39, 0.29) is 11.3 Å². The number of nitrogen functional groups attached to an aromatic ring is 1. The molecule has 0 aliphatic carbocycles. The Bertz CT molecular complexity index is 544. The zero-order valence-corrected chi connectivity index (χ0v) is 9.65. The molecule has 0 spiro atoms. The predicted molar refractivity (Wildman–Crippen MR) is 61.8 cm³/mol. The zero-order chi connectivity index (χ0) is 12.4. The molecule has 17 heavy (non-hydrogen) atoms. The van der Waals surface area contributed by atoms with Gasteiger partial charge in [-0.25, -0.2) is 19.6 Å². The number of hydrazine groups is 1. The summed E-state index contributed by atoms with van der Waals surface area (Å²) in [6.45, 7) is 0. The number of hydrogen-bond acceptors (Lipinski definition) is 5. The van der Waals surface area contributed by atoms with E-state index in [1.54, 1.807) is 5.38 Å². The third-order valence-corrected chi connectivity index (χ3v) is 2.92. The number of nitrogens with two attached hydrogens (primary N) is 1. The van der Waals surface area contributed by atoms with Gasteiger partial charge in [-0.3, -0.25) is 5.43 Å². The lowest BCUT2D eigenvalue weighted by atomic mass is 10.1. The van der Waals surface area contributed by atoms with Crippen molar-refractivity contribution in [3.8, 4) is 17.0 Å². The summed E-state index contributed by atoms with van der Waals surface area (Å²) in [5.74, 6) is 3.79. The fourth-order valence-electron chi connectivity index (χ4n) is 1.35. The van der Waals surface area contributed by atoms with Crippen LogP contribution >= 0.6 is 11.3 Å². The van der Waals surface area contributed by atoms with Gasteiger partial charge in [0.15, 0.2) is 16.7 Å². The molecule has 3 N–H and O–H groups in total. The Hall–Kier alpha value is -1.73. The molecule has 0 bridgehead atoms. The molecule has 0 amide bonds. The van der Waals surface area contributed by atoms with Crippen LogP contribution in [0.15, 0.2) is 17.5 Å². The van der Waals surface area contributed by atoms with Gasteiger partial charge in [-0.05, 0) is 6.07 Å². The molecule has 0 saturated carbocycles. The van der Waals surface area contributed by atoms with E-state index in [2.05, 4.69) is 15.1 Å². The highest BCUT2D eigenvalue weighted by molar-refractivity contribution is 7.14. The van der Waals surface area contributed by atoms with Crippen LogP contribution in [0.3, 0.4) is 0 Å². The fraction of sp³-hybridized carbons (Fsp3) is 0.100. The highest BCUT2D eigenvalue weighted by atomic mass is 32.1. The first kappa shape index (κ1) is 11.7. The summed E-state index contributed by atoms with van der Waals surface area (Å²) in [5, 5.41) is 2.01. The third kappa shape index (κ3) is 2.20. The Morgan fingerprint density at radius 1 is 1.35 bits per heavy atom. The first-order chi connectivity index (χ1) is 8.15. The number of methoxy groups -OCH3 is 1. The van der Waals surface area contributed by atoms with E-state index in [0.29, 0.717) is 10.8 Å². The second-order valence-corrected chi connectivity index (χ2v) is 4.01. The van der Waals surface area contributed by atoms with Gasteiger partial charge in [0.1, 0.15) is 5.82 Å². The number of nitrogens with one attached hydrogen (secondary N) is 1. The minimum Gasteiger partial charge on any atom is -0.494 e. The van der Waals surface area contributed by atoms with Crippen LogP contribution in [0.1, 0.15) is 0 Å². The van der Waals surface area contributed by atoms with Gasteiger partial charge < -0.3 is 4.74 Å². The highest BCUT2D eigenvalue weighted by Gasteiger charge is 2.14. The summed E-state index contributed by atoms with van der Waals surface area (Å²) in [7, 11) is 1.27. The lowest BCUT2D eigenvalue weighted by Gasteiger charge is -2.05. The van der Waals surface area contributed by atoms with Crippen LogP contribution in [0.2, 0.25) is 0 Å². The average Bonchev–Trinajstić information content (AvgIpc) is 2.80. The summed E-state index contributed by atoms with van der Waals surface area (Å²) < 4.78 is 31.8. The molecule has 2 aromatic rings. The molecular formula is C10H9F2N3OS. The Morgan fingerprint density at radius 3 is 2.71 bits per heavy atom. The van der Waals surface area contributed by atoms with E-state index in [0.717, 1.165) is 12.1 Å².